The van der Waals surface area contributed by atoms with Crippen molar-refractivity contribution in [2.45, 2.75) is 38.5 Å². The van der Waals surface area contributed by atoms with Crippen molar-refractivity contribution in [2.75, 3.05) is 6.54 Å². The number of carbonyl (C=O) groups is 3. The molecule has 136 valence electrons. The summed E-state index contributed by atoms with van der Waals surface area (Å²) < 4.78 is 0. The zero-order chi connectivity index (χ0) is 18.1. The highest BCUT2D eigenvalue weighted by Gasteiger charge is 2.27. The molecule has 2 rings (SSSR count). The highest BCUT2D eigenvalue weighted by Crippen LogP contribution is 2.30. The molecule has 1 unspecified atom stereocenters. The average Bonchev–Trinajstić information content (AvgIpc) is 3.13. The molecule has 3 N–H and O–H groups in total. The van der Waals surface area contributed by atoms with Crippen molar-refractivity contribution < 1.29 is 19.6 Å². The molecule has 1 atom stereocenters. The van der Waals surface area contributed by atoms with Crippen LogP contribution in [-0.2, 0) is 20.8 Å². The van der Waals surface area contributed by atoms with Crippen molar-refractivity contribution in [3.63, 3.8) is 0 Å². The van der Waals surface area contributed by atoms with Gasteiger partial charge in [0.2, 0.25) is 18.2 Å². The summed E-state index contributed by atoms with van der Waals surface area (Å²) in [6.45, 7) is -0.0829. The minimum Gasteiger partial charge on any atom is -0.286 e. The van der Waals surface area contributed by atoms with E-state index in [0.29, 0.717) is 17.4 Å². The van der Waals surface area contributed by atoms with Crippen molar-refractivity contribution in [1.29, 1.82) is 0 Å². The number of nitrogens with one attached hydrogen (secondary N) is 2. The van der Waals surface area contributed by atoms with E-state index in [0.717, 1.165) is 31.2 Å². The number of benzene rings is 1. The molecule has 7 nitrogen and oxygen atoms in total. The predicted octanol–water partition coefficient (Wildman–Crippen LogP) is 1.42. The summed E-state index contributed by atoms with van der Waals surface area (Å²) in [4.78, 5) is 34.9. The molecule has 0 bridgehead atoms. The third kappa shape index (κ3) is 6.54. The molecular weight excluding hydrogens is 322 g/mol. The average molecular weight is 347 g/mol. The van der Waals surface area contributed by atoms with Crippen LogP contribution < -0.4 is 10.9 Å². The molecule has 7 heteroatoms. The lowest BCUT2D eigenvalue weighted by Crippen LogP contribution is -2.47. The first-order valence-corrected chi connectivity index (χ1v) is 8.62. The number of amides is 3. The van der Waals surface area contributed by atoms with Gasteiger partial charge >= 0.3 is 0 Å². The molecule has 0 saturated heterocycles. The Labute approximate surface area is 147 Å². The highest BCUT2D eigenvalue weighted by molar-refractivity contribution is 5.84. The fraction of sp³-hybridized carbons (Fsp3) is 0.500. The van der Waals surface area contributed by atoms with E-state index in [9.17, 15) is 19.6 Å². The Bertz CT molecular complexity index is 573. The summed E-state index contributed by atoms with van der Waals surface area (Å²) in [5.74, 6) is -0.865. The maximum Gasteiger partial charge on any atom is 0.243 e. The van der Waals surface area contributed by atoms with Gasteiger partial charge in [0, 0.05) is 0 Å². The summed E-state index contributed by atoms with van der Waals surface area (Å²) >= 11 is 0. The molecule has 3 amide bonds. The lowest BCUT2D eigenvalue weighted by atomic mass is 9.92. The quantitative estimate of drug-likeness (QED) is 0.376. The first kappa shape index (κ1) is 18.9. The van der Waals surface area contributed by atoms with Crippen molar-refractivity contribution in [1.82, 2.24) is 15.9 Å². The number of hydroxylamine groups is 2. The van der Waals surface area contributed by atoms with Gasteiger partial charge in [0.05, 0.1) is 18.9 Å². The van der Waals surface area contributed by atoms with Gasteiger partial charge in [-0.1, -0.05) is 56.0 Å². The van der Waals surface area contributed by atoms with Gasteiger partial charge in [-0.3, -0.25) is 30.4 Å². The molecule has 1 aromatic carbocycles. The summed E-state index contributed by atoms with van der Waals surface area (Å²) in [5, 5.41) is 9.90. The third-order valence-electron chi connectivity index (χ3n) is 4.53. The van der Waals surface area contributed by atoms with Crippen LogP contribution in [0.2, 0.25) is 0 Å². The van der Waals surface area contributed by atoms with E-state index >= 15 is 0 Å². The van der Waals surface area contributed by atoms with Crippen LogP contribution in [0.15, 0.2) is 30.3 Å². The maximum atomic E-state index is 12.4. The largest absolute Gasteiger partial charge is 0.286 e. The minimum absolute atomic E-state index is 0.0829. The maximum absolute atomic E-state index is 12.4. The van der Waals surface area contributed by atoms with E-state index in [1.807, 2.05) is 30.3 Å². The minimum atomic E-state index is -0.560. The number of hydrazine groups is 1. The lowest BCUT2D eigenvalue weighted by molar-refractivity contribution is -0.155. The number of nitrogens with zero attached hydrogens (tertiary/aromatic N) is 1. The summed E-state index contributed by atoms with van der Waals surface area (Å²) in [7, 11) is 0. The van der Waals surface area contributed by atoms with Crippen LogP contribution in [0.1, 0.15) is 37.7 Å². The van der Waals surface area contributed by atoms with Gasteiger partial charge in [-0.05, 0) is 17.9 Å². The Balaban J connectivity index is 1.84. The van der Waals surface area contributed by atoms with Gasteiger partial charge in [0.1, 0.15) is 0 Å². The molecule has 0 aliphatic heterocycles. The number of carbonyl (C=O) groups excluding carboxylic acids is 3. The first-order valence-electron chi connectivity index (χ1n) is 8.62. The Hall–Kier alpha value is -2.41. The van der Waals surface area contributed by atoms with E-state index in [2.05, 4.69) is 10.9 Å². The van der Waals surface area contributed by atoms with Crippen LogP contribution in [0.4, 0.5) is 0 Å². The lowest BCUT2D eigenvalue weighted by Gasteiger charge is -2.22. The van der Waals surface area contributed by atoms with Crippen LogP contribution in [-0.4, -0.2) is 35.0 Å². The number of rotatable bonds is 8. The fourth-order valence-electron chi connectivity index (χ4n) is 3.24. The molecule has 1 aliphatic rings. The number of hydrogen-bond acceptors (Lipinski definition) is 4. The molecule has 0 heterocycles. The van der Waals surface area contributed by atoms with Crippen molar-refractivity contribution in [3.05, 3.63) is 35.9 Å². The zero-order valence-electron chi connectivity index (χ0n) is 14.2. The van der Waals surface area contributed by atoms with Crippen LogP contribution in [0.5, 0.6) is 0 Å². The SMILES string of the molecule is O=CN(O)CC(CC1CCCC1)C(=O)NNC(=O)Cc1ccccc1. The van der Waals surface area contributed by atoms with Crippen LogP contribution >= 0.6 is 0 Å². The molecular formula is C18H25N3O4. The Morgan fingerprint density at radius 1 is 1.20 bits per heavy atom. The van der Waals surface area contributed by atoms with E-state index in [4.69, 9.17) is 0 Å². The van der Waals surface area contributed by atoms with Gasteiger partial charge in [-0.15, -0.1) is 0 Å². The Kier molecular flexibility index (Phi) is 7.40. The molecule has 25 heavy (non-hydrogen) atoms. The first-order chi connectivity index (χ1) is 12.1. The summed E-state index contributed by atoms with van der Waals surface area (Å²) in [6.07, 6.45) is 5.42. The normalized spacial score (nSPS) is 15.4. The van der Waals surface area contributed by atoms with E-state index in [-0.39, 0.29) is 25.3 Å². The van der Waals surface area contributed by atoms with E-state index in [1.54, 1.807) is 0 Å². The smallest absolute Gasteiger partial charge is 0.243 e. The van der Waals surface area contributed by atoms with Crippen LogP contribution in [0, 0.1) is 11.8 Å². The molecule has 1 aliphatic carbocycles. The molecule has 1 saturated carbocycles. The van der Waals surface area contributed by atoms with E-state index in [1.165, 1.54) is 0 Å². The molecule has 1 aromatic rings. The molecule has 0 spiro atoms. The van der Waals surface area contributed by atoms with Gasteiger partial charge in [-0.25, -0.2) is 5.06 Å². The van der Waals surface area contributed by atoms with E-state index < -0.39 is 11.8 Å². The summed E-state index contributed by atoms with van der Waals surface area (Å²) in [6, 6.07) is 9.21. The molecule has 0 aromatic heterocycles. The predicted molar refractivity (Wildman–Crippen MR) is 91.1 cm³/mol. The fourth-order valence-corrected chi connectivity index (χ4v) is 3.24. The second-order valence-electron chi connectivity index (χ2n) is 6.51. The second kappa shape index (κ2) is 9.78. The van der Waals surface area contributed by atoms with Gasteiger partial charge in [0.15, 0.2) is 0 Å². The van der Waals surface area contributed by atoms with Gasteiger partial charge in [0.25, 0.3) is 0 Å². The topological polar surface area (TPSA) is 98.7 Å². The Morgan fingerprint density at radius 2 is 1.88 bits per heavy atom. The number of hydrogen-bond donors (Lipinski definition) is 3. The van der Waals surface area contributed by atoms with Crippen LogP contribution in [0.3, 0.4) is 0 Å². The Morgan fingerprint density at radius 3 is 2.52 bits per heavy atom. The molecule has 1 fully saturated rings. The third-order valence-corrected chi connectivity index (χ3v) is 4.53. The van der Waals surface area contributed by atoms with Gasteiger partial charge in [-0.2, -0.15) is 0 Å². The standard InChI is InChI=1S/C18H25N3O4/c22-13-21(25)12-16(10-14-8-4-5-9-14)18(24)20-19-17(23)11-15-6-2-1-3-7-15/h1-3,6-7,13-14,16,25H,4-5,8-12H2,(H,19,23)(H,20,24). The van der Waals surface area contributed by atoms with Crippen molar-refractivity contribution in [2.24, 2.45) is 11.8 Å². The highest BCUT2D eigenvalue weighted by atomic mass is 16.5. The van der Waals surface area contributed by atoms with Gasteiger partial charge < -0.3 is 0 Å². The molecule has 0 radical (unpaired) electrons. The second-order valence-corrected chi connectivity index (χ2v) is 6.51. The monoisotopic (exact) mass is 347 g/mol. The van der Waals surface area contributed by atoms with Crippen molar-refractivity contribution >= 4 is 18.2 Å². The van der Waals surface area contributed by atoms with Crippen molar-refractivity contribution in [3.8, 4) is 0 Å². The zero-order valence-corrected chi connectivity index (χ0v) is 14.2. The van der Waals surface area contributed by atoms with Crippen LogP contribution in [0.25, 0.3) is 0 Å². The summed E-state index contributed by atoms with van der Waals surface area (Å²) in [5.41, 5.74) is 5.66.